The summed E-state index contributed by atoms with van der Waals surface area (Å²) in [5.74, 6) is -0.323. The Balaban J connectivity index is 2.44. The van der Waals surface area contributed by atoms with Gasteiger partial charge in [0.25, 0.3) is 0 Å². The van der Waals surface area contributed by atoms with Crippen molar-refractivity contribution in [3.05, 3.63) is 34.6 Å². The summed E-state index contributed by atoms with van der Waals surface area (Å²) in [5.41, 5.74) is 0.712. The number of aryl methyl sites for hydroxylation is 1. The highest BCUT2D eigenvalue weighted by Gasteiger charge is 2.12. The molecule has 0 amide bonds. The Kier molecular flexibility index (Phi) is 3.57. The zero-order valence-electron chi connectivity index (χ0n) is 9.67. The van der Waals surface area contributed by atoms with Crippen molar-refractivity contribution in [1.29, 1.82) is 0 Å². The van der Waals surface area contributed by atoms with Crippen molar-refractivity contribution in [2.24, 2.45) is 0 Å². The Labute approximate surface area is 108 Å². The summed E-state index contributed by atoms with van der Waals surface area (Å²) in [7, 11) is 0. The second-order valence-electron chi connectivity index (χ2n) is 3.73. The molecular weight excluding hydrogens is 256 g/mol. The Morgan fingerprint density at radius 2 is 2.28 bits per heavy atom. The lowest BCUT2D eigenvalue weighted by molar-refractivity contribution is 0.0697. The number of hydrogen-bond donors (Lipinski definition) is 1. The lowest BCUT2D eigenvalue weighted by Gasteiger charge is -2.06. The molecule has 2 aromatic rings. The fourth-order valence-corrected chi connectivity index (χ4v) is 1.84. The van der Waals surface area contributed by atoms with Crippen LogP contribution < -0.4 is 0 Å². The van der Waals surface area contributed by atoms with Crippen molar-refractivity contribution in [3.8, 4) is 5.69 Å². The molecule has 0 aliphatic heterocycles. The Hall–Kier alpha value is -1.95. The smallest absolute Gasteiger partial charge is 0.335 e. The molecule has 94 valence electrons. The molecule has 0 aliphatic carbocycles. The first-order chi connectivity index (χ1) is 8.63. The SMILES string of the molecule is CCCc1nnnn1-c1ccc(C(=O)O)cc1Cl. The van der Waals surface area contributed by atoms with Crippen LogP contribution in [0.5, 0.6) is 0 Å². The molecule has 0 saturated carbocycles. The largest absolute Gasteiger partial charge is 0.478 e. The highest BCUT2D eigenvalue weighted by molar-refractivity contribution is 6.32. The van der Waals surface area contributed by atoms with Crippen molar-refractivity contribution in [3.63, 3.8) is 0 Å². The van der Waals surface area contributed by atoms with Crippen LogP contribution >= 0.6 is 11.6 Å². The van der Waals surface area contributed by atoms with Gasteiger partial charge in [0.05, 0.1) is 16.3 Å². The number of halogens is 1. The predicted octanol–water partition coefficient (Wildman–Crippen LogP) is 1.97. The summed E-state index contributed by atoms with van der Waals surface area (Å²) in [6.07, 6.45) is 1.63. The standard InChI is InChI=1S/C11H11ClN4O2/c1-2-3-10-13-14-15-16(10)9-5-4-7(11(17)18)6-8(9)12/h4-6H,2-3H2,1H3,(H,17,18). The minimum atomic E-state index is -1.02. The van der Waals surface area contributed by atoms with Crippen LogP contribution in [0.2, 0.25) is 5.02 Å². The van der Waals surface area contributed by atoms with Gasteiger partial charge in [0.1, 0.15) is 0 Å². The van der Waals surface area contributed by atoms with Crippen molar-refractivity contribution in [2.75, 3.05) is 0 Å². The first kappa shape index (κ1) is 12.5. The van der Waals surface area contributed by atoms with Gasteiger partial charge in [0, 0.05) is 6.42 Å². The second kappa shape index (κ2) is 5.14. The Morgan fingerprint density at radius 3 is 2.89 bits per heavy atom. The topological polar surface area (TPSA) is 80.9 Å². The van der Waals surface area contributed by atoms with E-state index in [1.54, 1.807) is 6.07 Å². The van der Waals surface area contributed by atoms with E-state index in [0.29, 0.717) is 16.5 Å². The van der Waals surface area contributed by atoms with Crippen molar-refractivity contribution < 1.29 is 9.90 Å². The average Bonchev–Trinajstić information content (AvgIpc) is 2.77. The average molecular weight is 267 g/mol. The molecule has 0 unspecified atom stereocenters. The molecule has 2 rings (SSSR count). The van der Waals surface area contributed by atoms with E-state index in [1.807, 2.05) is 6.92 Å². The van der Waals surface area contributed by atoms with E-state index in [9.17, 15) is 4.79 Å². The minimum absolute atomic E-state index is 0.133. The number of aromatic carboxylic acids is 1. The maximum Gasteiger partial charge on any atom is 0.335 e. The predicted molar refractivity (Wildman–Crippen MR) is 65.1 cm³/mol. The number of carbonyl (C=O) groups is 1. The highest BCUT2D eigenvalue weighted by atomic mass is 35.5. The lowest BCUT2D eigenvalue weighted by Crippen LogP contribution is -2.05. The van der Waals surface area contributed by atoms with Crippen LogP contribution in [-0.2, 0) is 6.42 Å². The number of carboxylic acids is 1. The lowest BCUT2D eigenvalue weighted by atomic mass is 10.2. The second-order valence-corrected chi connectivity index (χ2v) is 4.14. The third kappa shape index (κ3) is 2.33. The molecule has 1 aromatic carbocycles. The van der Waals surface area contributed by atoms with E-state index >= 15 is 0 Å². The molecule has 0 bridgehead atoms. The van der Waals surface area contributed by atoms with Crippen LogP contribution in [0.3, 0.4) is 0 Å². The first-order valence-corrected chi connectivity index (χ1v) is 5.81. The van der Waals surface area contributed by atoms with Gasteiger partial charge in [-0.1, -0.05) is 18.5 Å². The summed E-state index contributed by atoms with van der Waals surface area (Å²) in [4.78, 5) is 10.8. The zero-order chi connectivity index (χ0) is 13.1. The van der Waals surface area contributed by atoms with E-state index < -0.39 is 5.97 Å². The van der Waals surface area contributed by atoms with Crippen LogP contribution in [0.25, 0.3) is 5.69 Å². The van der Waals surface area contributed by atoms with E-state index in [2.05, 4.69) is 15.5 Å². The number of nitrogens with zero attached hydrogens (tertiary/aromatic N) is 4. The van der Waals surface area contributed by atoms with E-state index in [1.165, 1.54) is 16.8 Å². The number of aromatic nitrogens is 4. The van der Waals surface area contributed by atoms with Gasteiger partial charge in [0.15, 0.2) is 5.82 Å². The normalized spacial score (nSPS) is 10.6. The molecule has 0 aliphatic rings. The first-order valence-electron chi connectivity index (χ1n) is 5.44. The Morgan fingerprint density at radius 1 is 1.50 bits per heavy atom. The van der Waals surface area contributed by atoms with E-state index in [0.717, 1.165) is 12.8 Å². The minimum Gasteiger partial charge on any atom is -0.478 e. The number of carboxylic acid groups (broad SMARTS) is 1. The van der Waals surface area contributed by atoms with Gasteiger partial charge in [-0.15, -0.1) is 5.10 Å². The van der Waals surface area contributed by atoms with Crippen LogP contribution in [0.15, 0.2) is 18.2 Å². The molecule has 0 atom stereocenters. The molecule has 1 heterocycles. The van der Waals surface area contributed by atoms with Crippen molar-refractivity contribution in [1.82, 2.24) is 20.2 Å². The van der Waals surface area contributed by atoms with Gasteiger partial charge < -0.3 is 5.11 Å². The zero-order valence-corrected chi connectivity index (χ0v) is 10.4. The molecule has 1 aromatic heterocycles. The summed E-state index contributed by atoms with van der Waals surface area (Å²) in [5, 5.41) is 20.5. The van der Waals surface area contributed by atoms with E-state index in [4.69, 9.17) is 16.7 Å². The number of benzene rings is 1. The maximum atomic E-state index is 10.8. The van der Waals surface area contributed by atoms with Crippen LogP contribution in [-0.4, -0.2) is 31.3 Å². The summed E-state index contributed by atoms with van der Waals surface area (Å²) < 4.78 is 1.53. The molecule has 18 heavy (non-hydrogen) atoms. The molecular formula is C11H11ClN4O2. The van der Waals surface area contributed by atoms with Crippen LogP contribution in [0, 0.1) is 0 Å². The third-order valence-corrected chi connectivity index (χ3v) is 2.73. The fraction of sp³-hybridized carbons (Fsp3) is 0.273. The molecule has 0 spiro atoms. The summed E-state index contributed by atoms with van der Waals surface area (Å²) >= 11 is 6.06. The molecule has 0 fully saturated rings. The number of hydrogen-bond acceptors (Lipinski definition) is 4. The monoisotopic (exact) mass is 266 g/mol. The van der Waals surface area contributed by atoms with Gasteiger partial charge in [0.2, 0.25) is 0 Å². The molecule has 7 heteroatoms. The van der Waals surface area contributed by atoms with Crippen LogP contribution in [0.4, 0.5) is 0 Å². The molecule has 1 N–H and O–H groups in total. The molecule has 0 radical (unpaired) electrons. The van der Waals surface area contributed by atoms with Crippen molar-refractivity contribution in [2.45, 2.75) is 19.8 Å². The van der Waals surface area contributed by atoms with Gasteiger partial charge in [-0.2, -0.15) is 4.68 Å². The summed E-state index contributed by atoms with van der Waals surface area (Å²) in [6, 6.07) is 4.46. The maximum absolute atomic E-state index is 10.8. The number of tetrazole rings is 1. The van der Waals surface area contributed by atoms with Gasteiger partial charge in [-0.25, -0.2) is 4.79 Å². The summed E-state index contributed by atoms with van der Waals surface area (Å²) in [6.45, 7) is 2.02. The van der Waals surface area contributed by atoms with E-state index in [-0.39, 0.29) is 5.56 Å². The molecule has 0 saturated heterocycles. The van der Waals surface area contributed by atoms with Gasteiger partial charge >= 0.3 is 5.97 Å². The Bertz CT molecular complexity index is 582. The fourth-order valence-electron chi connectivity index (χ4n) is 1.58. The highest BCUT2D eigenvalue weighted by Crippen LogP contribution is 2.22. The quantitative estimate of drug-likeness (QED) is 0.915. The number of rotatable bonds is 4. The van der Waals surface area contributed by atoms with Crippen molar-refractivity contribution >= 4 is 17.6 Å². The van der Waals surface area contributed by atoms with Crippen LogP contribution in [0.1, 0.15) is 29.5 Å². The third-order valence-electron chi connectivity index (χ3n) is 2.43. The molecule has 6 nitrogen and oxygen atoms in total. The van der Waals surface area contributed by atoms with Gasteiger partial charge in [-0.3, -0.25) is 0 Å². The van der Waals surface area contributed by atoms with Gasteiger partial charge in [-0.05, 0) is 35.0 Å².